The first-order valence-corrected chi connectivity index (χ1v) is 9.30. The number of rotatable bonds is 4. The highest BCUT2D eigenvalue weighted by atomic mass is 16.5. The van der Waals surface area contributed by atoms with Gasteiger partial charge in [0.2, 0.25) is 0 Å². The molecule has 2 aromatic rings. The second-order valence-electron chi connectivity index (χ2n) is 6.95. The summed E-state index contributed by atoms with van der Waals surface area (Å²) in [6.45, 7) is 1.62. The van der Waals surface area contributed by atoms with E-state index in [1.54, 1.807) is 6.07 Å². The molecule has 2 N–H and O–H groups in total. The van der Waals surface area contributed by atoms with Gasteiger partial charge in [-0.25, -0.2) is 0 Å². The minimum atomic E-state index is 0.155. The smallest absolute Gasteiger partial charge is 0.152 e. The van der Waals surface area contributed by atoms with Crippen LogP contribution in [0.2, 0.25) is 0 Å². The van der Waals surface area contributed by atoms with Crippen molar-refractivity contribution in [2.24, 2.45) is 0 Å². The number of phenolic OH excluding ortho intramolecular Hbond substituents is 1. The summed E-state index contributed by atoms with van der Waals surface area (Å²) < 4.78 is 5.69. The number of fused-ring (bicyclic) bond motifs is 1. The molecule has 1 saturated heterocycles. The van der Waals surface area contributed by atoms with Crippen molar-refractivity contribution >= 4 is 5.82 Å². The molecule has 1 aliphatic heterocycles. The molecule has 26 heavy (non-hydrogen) atoms. The molecular weight excluding hydrogens is 326 g/mol. The lowest BCUT2D eigenvalue weighted by Crippen LogP contribution is -2.21. The topological polar surface area (TPSA) is 67.3 Å². The molecule has 0 saturated carbocycles. The van der Waals surface area contributed by atoms with E-state index >= 15 is 0 Å². The third kappa shape index (κ3) is 3.25. The zero-order valence-electron chi connectivity index (χ0n) is 14.8. The van der Waals surface area contributed by atoms with Crippen LogP contribution in [0.25, 0.3) is 11.3 Å². The van der Waals surface area contributed by atoms with Gasteiger partial charge in [-0.1, -0.05) is 5.92 Å². The van der Waals surface area contributed by atoms with Gasteiger partial charge in [0.15, 0.2) is 5.82 Å². The van der Waals surface area contributed by atoms with E-state index in [1.165, 1.54) is 11.1 Å². The fraction of sp³-hybridized carbons (Fsp3) is 0.429. The SMILES string of the molecule is C#Cc1ccc(-c2nnc(NCC3CCCO3)c3c2CCCC3)c(O)c1. The van der Waals surface area contributed by atoms with E-state index in [-0.39, 0.29) is 11.9 Å². The van der Waals surface area contributed by atoms with Gasteiger partial charge in [0.1, 0.15) is 11.4 Å². The van der Waals surface area contributed by atoms with Gasteiger partial charge >= 0.3 is 0 Å². The minimum absolute atomic E-state index is 0.155. The molecule has 0 radical (unpaired) electrons. The highest BCUT2D eigenvalue weighted by Gasteiger charge is 2.23. The number of nitrogens with zero attached hydrogens (tertiary/aromatic N) is 2. The Bertz CT molecular complexity index is 851. The van der Waals surface area contributed by atoms with Gasteiger partial charge in [-0.3, -0.25) is 0 Å². The Kier molecular flexibility index (Phi) is 4.77. The van der Waals surface area contributed by atoms with E-state index in [0.717, 1.165) is 63.2 Å². The van der Waals surface area contributed by atoms with Crippen molar-refractivity contribution in [2.45, 2.75) is 44.6 Å². The van der Waals surface area contributed by atoms with Crippen LogP contribution in [0.3, 0.4) is 0 Å². The number of ether oxygens (including phenoxy) is 1. The summed E-state index contributed by atoms with van der Waals surface area (Å²) in [5, 5.41) is 22.7. The molecule has 4 rings (SSSR count). The lowest BCUT2D eigenvalue weighted by molar-refractivity contribution is 0.120. The van der Waals surface area contributed by atoms with Crippen LogP contribution < -0.4 is 5.32 Å². The zero-order valence-corrected chi connectivity index (χ0v) is 14.8. The van der Waals surface area contributed by atoms with Crippen LogP contribution in [-0.4, -0.2) is 34.6 Å². The van der Waals surface area contributed by atoms with Crippen molar-refractivity contribution in [3.8, 4) is 29.4 Å². The number of hydrogen-bond donors (Lipinski definition) is 2. The minimum Gasteiger partial charge on any atom is -0.507 e. The zero-order chi connectivity index (χ0) is 17.9. The molecule has 1 unspecified atom stereocenters. The molecule has 134 valence electrons. The maximum atomic E-state index is 10.4. The van der Waals surface area contributed by atoms with Crippen LogP contribution >= 0.6 is 0 Å². The lowest BCUT2D eigenvalue weighted by Gasteiger charge is -2.22. The molecule has 5 nitrogen and oxygen atoms in total. The predicted molar refractivity (Wildman–Crippen MR) is 101 cm³/mol. The van der Waals surface area contributed by atoms with Gasteiger partial charge in [0.25, 0.3) is 0 Å². The molecule has 2 aliphatic rings. The van der Waals surface area contributed by atoms with Crippen molar-refractivity contribution in [3.63, 3.8) is 0 Å². The standard InChI is InChI=1S/C21H23N3O2/c1-2-14-9-10-18(19(25)12-14)20-16-7-3-4-8-17(16)21(24-23-20)22-13-15-6-5-11-26-15/h1,9-10,12,15,25H,3-8,11,13H2,(H,22,24). The maximum absolute atomic E-state index is 10.4. The molecule has 5 heteroatoms. The maximum Gasteiger partial charge on any atom is 0.152 e. The number of nitrogens with one attached hydrogen (secondary N) is 1. The molecule has 1 atom stereocenters. The monoisotopic (exact) mass is 349 g/mol. The Balaban J connectivity index is 1.67. The van der Waals surface area contributed by atoms with E-state index in [2.05, 4.69) is 21.4 Å². The van der Waals surface area contributed by atoms with E-state index in [4.69, 9.17) is 11.2 Å². The van der Waals surface area contributed by atoms with E-state index < -0.39 is 0 Å². The second kappa shape index (κ2) is 7.35. The average Bonchev–Trinajstić information content (AvgIpc) is 3.20. The number of terminal acetylenes is 1. The molecule has 1 fully saturated rings. The predicted octanol–water partition coefficient (Wildman–Crippen LogP) is 3.30. The molecule has 0 bridgehead atoms. The lowest BCUT2D eigenvalue weighted by atomic mass is 9.89. The Morgan fingerprint density at radius 1 is 1.19 bits per heavy atom. The normalized spacial score (nSPS) is 19.0. The van der Waals surface area contributed by atoms with Crippen molar-refractivity contribution in [2.75, 3.05) is 18.5 Å². The van der Waals surface area contributed by atoms with E-state index in [1.807, 2.05) is 12.1 Å². The number of hydrogen-bond acceptors (Lipinski definition) is 5. The van der Waals surface area contributed by atoms with Gasteiger partial charge in [-0.2, -0.15) is 0 Å². The molecule has 2 heterocycles. The van der Waals surface area contributed by atoms with Gasteiger partial charge in [-0.05, 0) is 62.3 Å². The Hall–Kier alpha value is -2.58. The van der Waals surface area contributed by atoms with Gasteiger partial charge in [-0.15, -0.1) is 16.6 Å². The Labute approximate surface area is 153 Å². The summed E-state index contributed by atoms with van der Waals surface area (Å²) >= 11 is 0. The molecular formula is C21H23N3O2. The van der Waals surface area contributed by atoms with Crippen LogP contribution in [0.4, 0.5) is 5.82 Å². The van der Waals surface area contributed by atoms with Gasteiger partial charge in [0.05, 0.1) is 6.10 Å². The molecule has 0 amide bonds. The number of aromatic nitrogens is 2. The van der Waals surface area contributed by atoms with Gasteiger partial charge < -0.3 is 15.2 Å². The fourth-order valence-corrected chi connectivity index (χ4v) is 3.84. The number of phenols is 1. The summed E-state index contributed by atoms with van der Waals surface area (Å²) in [4.78, 5) is 0. The van der Waals surface area contributed by atoms with Crippen molar-refractivity contribution in [3.05, 3.63) is 34.9 Å². The first-order valence-electron chi connectivity index (χ1n) is 9.30. The Morgan fingerprint density at radius 3 is 2.77 bits per heavy atom. The Morgan fingerprint density at radius 2 is 2.04 bits per heavy atom. The quantitative estimate of drug-likeness (QED) is 0.829. The summed E-state index contributed by atoms with van der Waals surface area (Å²) in [6.07, 6.45) is 12.1. The van der Waals surface area contributed by atoms with Crippen LogP contribution in [0.1, 0.15) is 42.4 Å². The fourth-order valence-electron chi connectivity index (χ4n) is 3.84. The highest BCUT2D eigenvalue weighted by Crippen LogP contribution is 2.36. The number of anilines is 1. The molecule has 1 aromatic heterocycles. The number of benzene rings is 1. The van der Waals surface area contributed by atoms with Crippen LogP contribution in [0.5, 0.6) is 5.75 Å². The van der Waals surface area contributed by atoms with Gasteiger partial charge in [0, 0.05) is 29.8 Å². The highest BCUT2D eigenvalue weighted by molar-refractivity contribution is 5.73. The molecule has 1 aliphatic carbocycles. The second-order valence-corrected chi connectivity index (χ2v) is 6.95. The van der Waals surface area contributed by atoms with E-state index in [0.29, 0.717) is 11.1 Å². The van der Waals surface area contributed by atoms with Crippen LogP contribution in [0.15, 0.2) is 18.2 Å². The van der Waals surface area contributed by atoms with Crippen molar-refractivity contribution < 1.29 is 9.84 Å². The van der Waals surface area contributed by atoms with Crippen molar-refractivity contribution in [1.29, 1.82) is 0 Å². The number of aromatic hydroxyl groups is 1. The summed E-state index contributed by atoms with van der Waals surface area (Å²) in [5.74, 6) is 3.56. The van der Waals surface area contributed by atoms with E-state index in [9.17, 15) is 5.11 Å². The average molecular weight is 349 g/mol. The third-order valence-corrected chi connectivity index (χ3v) is 5.23. The summed E-state index contributed by atoms with van der Waals surface area (Å²) in [5.41, 5.74) is 4.52. The van der Waals surface area contributed by atoms with Crippen molar-refractivity contribution in [1.82, 2.24) is 10.2 Å². The first kappa shape index (κ1) is 16.9. The van der Waals surface area contributed by atoms with Crippen LogP contribution in [0, 0.1) is 12.3 Å². The molecule has 1 aromatic carbocycles. The largest absolute Gasteiger partial charge is 0.507 e. The molecule has 0 spiro atoms. The summed E-state index contributed by atoms with van der Waals surface area (Å²) in [7, 11) is 0. The van der Waals surface area contributed by atoms with Crippen LogP contribution in [-0.2, 0) is 17.6 Å². The first-order chi connectivity index (χ1) is 12.8. The summed E-state index contributed by atoms with van der Waals surface area (Å²) in [6, 6.07) is 5.27. The third-order valence-electron chi connectivity index (χ3n) is 5.23.